The summed E-state index contributed by atoms with van der Waals surface area (Å²) < 4.78 is 1.88. The van der Waals surface area contributed by atoms with Gasteiger partial charge in [0.2, 0.25) is 5.95 Å². The maximum Gasteiger partial charge on any atom is 0.225 e. The Labute approximate surface area is 125 Å². The van der Waals surface area contributed by atoms with Gasteiger partial charge in [-0.25, -0.2) is 9.67 Å². The van der Waals surface area contributed by atoms with E-state index in [1.165, 1.54) is 4.88 Å². The van der Waals surface area contributed by atoms with Crippen molar-refractivity contribution in [3.05, 3.63) is 41.4 Å². The fourth-order valence-electron chi connectivity index (χ4n) is 2.44. The van der Waals surface area contributed by atoms with Gasteiger partial charge in [-0.3, -0.25) is 0 Å². The number of rotatable bonds is 2. The molecule has 0 saturated carbocycles. The molecule has 3 aromatic heterocycles. The number of para-hydroxylation sites is 1. The molecule has 0 fully saturated rings. The van der Waals surface area contributed by atoms with Crippen LogP contribution in [0.25, 0.3) is 26.9 Å². The van der Waals surface area contributed by atoms with Gasteiger partial charge in [0, 0.05) is 17.3 Å². The normalized spacial score (nSPS) is 11.3. The number of thiophene rings is 1. The molecule has 3 heterocycles. The second-order valence-corrected chi connectivity index (χ2v) is 6.05. The molecule has 0 radical (unpaired) electrons. The summed E-state index contributed by atoms with van der Waals surface area (Å²) in [4.78, 5) is 11.3. The minimum absolute atomic E-state index is 0.610. The van der Waals surface area contributed by atoms with E-state index in [2.05, 4.69) is 45.5 Å². The monoisotopic (exact) mass is 295 g/mol. The smallest absolute Gasteiger partial charge is 0.225 e. The van der Waals surface area contributed by atoms with Crippen molar-refractivity contribution in [2.24, 2.45) is 0 Å². The number of aryl methyl sites for hydroxylation is 1. The van der Waals surface area contributed by atoms with Crippen LogP contribution in [0.1, 0.15) is 4.88 Å². The van der Waals surface area contributed by atoms with Crippen LogP contribution in [0, 0.1) is 6.92 Å². The van der Waals surface area contributed by atoms with Crippen LogP contribution < -0.4 is 5.32 Å². The first-order valence-corrected chi connectivity index (χ1v) is 7.47. The van der Waals surface area contributed by atoms with E-state index < -0.39 is 0 Å². The number of aromatic nitrogens is 4. The SMILES string of the molecule is CNc1nc(-n2ncc3ccccc32)c2cc(C)sc2n1. The summed E-state index contributed by atoms with van der Waals surface area (Å²) in [5, 5.41) is 9.66. The first kappa shape index (κ1) is 12.3. The first-order valence-electron chi connectivity index (χ1n) is 6.65. The molecule has 4 rings (SSSR count). The van der Waals surface area contributed by atoms with Crippen LogP contribution in [0.2, 0.25) is 0 Å². The zero-order valence-electron chi connectivity index (χ0n) is 11.7. The summed E-state index contributed by atoms with van der Waals surface area (Å²) in [6, 6.07) is 10.2. The minimum Gasteiger partial charge on any atom is -0.357 e. The lowest BCUT2D eigenvalue weighted by Crippen LogP contribution is -2.04. The van der Waals surface area contributed by atoms with E-state index in [1.807, 2.05) is 30.1 Å². The Bertz CT molecular complexity index is 953. The molecule has 0 atom stereocenters. The summed E-state index contributed by atoms with van der Waals surface area (Å²) in [7, 11) is 1.83. The third-order valence-corrected chi connectivity index (χ3v) is 4.34. The highest BCUT2D eigenvalue weighted by molar-refractivity contribution is 7.18. The van der Waals surface area contributed by atoms with Gasteiger partial charge in [-0.05, 0) is 19.1 Å². The Morgan fingerprint density at radius 2 is 2.05 bits per heavy atom. The van der Waals surface area contributed by atoms with E-state index in [-0.39, 0.29) is 0 Å². The quantitative estimate of drug-likeness (QED) is 0.616. The summed E-state index contributed by atoms with van der Waals surface area (Å²) in [6.45, 7) is 2.08. The minimum atomic E-state index is 0.610. The molecule has 104 valence electrons. The molecule has 0 amide bonds. The molecule has 21 heavy (non-hydrogen) atoms. The predicted molar refractivity (Wildman–Crippen MR) is 86.3 cm³/mol. The van der Waals surface area contributed by atoms with Gasteiger partial charge in [-0.15, -0.1) is 11.3 Å². The molecule has 0 spiro atoms. The molecule has 0 aliphatic rings. The van der Waals surface area contributed by atoms with Crippen molar-refractivity contribution >= 4 is 38.4 Å². The topological polar surface area (TPSA) is 55.6 Å². The van der Waals surface area contributed by atoms with Crippen molar-refractivity contribution in [3.63, 3.8) is 0 Å². The number of hydrogen-bond acceptors (Lipinski definition) is 5. The Kier molecular flexibility index (Phi) is 2.65. The van der Waals surface area contributed by atoms with Gasteiger partial charge in [-0.1, -0.05) is 18.2 Å². The highest BCUT2D eigenvalue weighted by Gasteiger charge is 2.14. The van der Waals surface area contributed by atoms with Crippen molar-refractivity contribution < 1.29 is 0 Å². The van der Waals surface area contributed by atoms with Crippen molar-refractivity contribution in [2.75, 3.05) is 12.4 Å². The van der Waals surface area contributed by atoms with Crippen molar-refractivity contribution in [3.8, 4) is 5.82 Å². The standard InChI is InChI=1S/C15H13N5S/c1-9-7-11-13(18-15(16-2)19-14(11)21-9)20-12-6-4-3-5-10(12)8-17-20/h3-8H,1-2H3,(H,16,18,19). The van der Waals surface area contributed by atoms with E-state index in [1.54, 1.807) is 11.3 Å². The van der Waals surface area contributed by atoms with Gasteiger partial charge in [0.15, 0.2) is 5.82 Å². The van der Waals surface area contributed by atoms with Crippen LogP contribution in [0.4, 0.5) is 5.95 Å². The van der Waals surface area contributed by atoms with Gasteiger partial charge >= 0.3 is 0 Å². The third-order valence-electron chi connectivity index (χ3n) is 3.40. The van der Waals surface area contributed by atoms with E-state index in [4.69, 9.17) is 0 Å². The van der Waals surface area contributed by atoms with Crippen molar-refractivity contribution in [2.45, 2.75) is 6.92 Å². The molecule has 5 nitrogen and oxygen atoms in total. The van der Waals surface area contributed by atoms with E-state index in [0.717, 1.165) is 26.9 Å². The van der Waals surface area contributed by atoms with E-state index in [0.29, 0.717) is 5.95 Å². The van der Waals surface area contributed by atoms with Gasteiger partial charge in [-0.2, -0.15) is 10.1 Å². The van der Waals surface area contributed by atoms with E-state index in [9.17, 15) is 0 Å². The van der Waals surface area contributed by atoms with Gasteiger partial charge in [0.1, 0.15) is 4.83 Å². The number of anilines is 1. The third kappa shape index (κ3) is 1.87. The average Bonchev–Trinajstić information content (AvgIpc) is 3.08. The lowest BCUT2D eigenvalue weighted by Gasteiger charge is -2.06. The van der Waals surface area contributed by atoms with Crippen LogP contribution >= 0.6 is 11.3 Å². The maximum absolute atomic E-state index is 4.61. The number of fused-ring (bicyclic) bond motifs is 2. The highest BCUT2D eigenvalue weighted by Crippen LogP contribution is 2.30. The Morgan fingerprint density at radius 3 is 2.90 bits per heavy atom. The number of benzene rings is 1. The summed E-state index contributed by atoms with van der Waals surface area (Å²) in [5.41, 5.74) is 1.04. The first-order chi connectivity index (χ1) is 10.3. The van der Waals surface area contributed by atoms with Crippen LogP contribution in [0.5, 0.6) is 0 Å². The molecule has 1 N–H and O–H groups in total. The van der Waals surface area contributed by atoms with Crippen molar-refractivity contribution in [1.82, 2.24) is 19.7 Å². The van der Waals surface area contributed by atoms with Gasteiger partial charge < -0.3 is 5.32 Å². The fourth-order valence-corrected chi connectivity index (χ4v) is 3.31. The summed E-state index contributed by atoms with van der Waals surface area (Å²) in [6.07, 6.45) is 1.86. The Morgan fingerprint density at radius 1 is 1.19 bits per heavy atom. The molecule has 4 aromatic rings. The van der Waals surface area contributed by atoms with Crippen LogP contribution in [0.15, 0.2) is 36.5 Å². The number of nitrogens with one attached hydrogen (secondary N) is 1. The van der Waals surface area contributed by atoms with E-state index >= 15 is 0 Å². The van der Waals surface area contributed by atoms with Gasteiger partial charge in [0.25, 0.3) is 0 Å². The van der Waals surface area contributed by atoms with Crippen molar-refractivity contribution in [1.29, 1.82) is 0 Å². The predicted octanol–water partition coefficient (Wildman–Crippen LogP) is 3.38. The molecule has 0 bridgehead atoms. The second kappa shape index (κ2) is 4.53. The Balaban J connectivity index is 2.09. The van der Waals surface area contributed by atoms with Crippen LogP contribution in [-0.4, -0.2) is 26.8 Å². The summed E-state index contributed by atoms with van der Waals surface area (Å²) >= 11 is 1.67. The molecule has 0 saturated heterocycles. The molecule has 6 heteroatoms. The number of hydrogen-bond donors (Lipinski definition) is 1. The molecule has 1 aromatic carbocycles. The lowest BCUT2D eigenvalue weighted by molar-refractivity contribution is 0.880. The zero-order valence-corrected chi connectivity index (χ0v) is 12.5. The Hall–Kier alpha value is -2.47. The fraction of sp³-hybridized carbons (Fsp3) is 0.133. The molecular formula is C15H13N5S. The van der Waals surface area contributed by atoms with Crippen LogP contribution in [-0.2, 0) is 0 Å². The van der Waals surface area contributed by atoms with Crippen LogP contribution in [0.3, 0.4) is 0 Å². The molecule has 0 aliphatic heterocycles. The lowest BCUT2D eigenvalue weighted by atomic mass is 10.2. The maximum atomic E-state index is 4.61. The summed E-state index contributed by atoms with van der Waals surface area (Å²) in [5.74, 6) is 1.42. The second-order valence-electron chi connectivity index (χ2n) is 4.81. The molecule has 0 aliphatic carbocycles. The molecule has 0 unspecified atom stereocenters. The average molecular weight is 295 g/mol. The largest absolute Gasteiger partial charge is 0.357 e. The zero-order chi connectivity index (χ0) is 14.4. The van der Waals surface area contributed by atoms with Gasteiger partial charge in [0.05, 0.1) is 17.1 Å². The molecular weight excluding hydrogens is 282 g/mol. The number of nitrogens with zero attached hydrogens (tertiary/aromatic N) is 4. The highest BCUT2D eigenvalue weighted by atomic mass is 32.1.